The van der Waals surface area contributed by atoms with Crippen LogP contribution in [0.25, 0.3) is 0 Å². The van der Waals surface area contributed by atoms with Gasteiger partial charge in [0.2, 0.25) is 0 Å². The number of hydrogen-bond acceptors (Lipinski definition) is 6. The van der Waals surface area contributed by atoms with E-state index in [4.69, 9.17) is 17.2 Å². The second kappa shape index (κ2) is 48.5. The molecule has 0 aliphatic heterocycles. The van der Waals surface area contributed by atoms with Crippen molar-refractivity contribution in [3.05, 3.63) is 0 Å². The van der Waals surface area contributed by atoms with Gasteiger partial charge in [0.1, 0.15) is 0 Å². The van der Waals surface area contributed by atoms with Crippen LogP contribution in [0.1, 0.15) is 151 Å². The van der Waals surface area contributed by atoms with Gasteiger partial charge in [0.25, 0.3) is 0 Å². The molecule has 0 saturated carbocycles. The Balaban J connectivity index is -0.000000248. The van der Waals surface area contributed by atoms with Crippen molar-refractivity contribution in [2.24, 2.45) is 17.2 Å². The highest BCUT2D eigenvalue weighted by Gasteiger charge is 2.04. The van der Waals surface area contributed by atoms with Crippen LogP contribution in [0.15, 0.2) is 0 Å². The van der Waals surface area contributed by atoms with Crippen molar-refractivity contribution in [2.45, 2.75) is 151 Å². The van der Waals surface area contributed by atoms with E-state index in [0.717, 1.165) is 45.6 Å². The number of unbranched alkanes of at least 4 members (excludes halogenated alkanes) is 8. The molecule has 0 amide bonds. The standard InChI is InChI=1S/C15H34N2.C11H26N2.C5H14N2.C3H8/c1-3-5-7-9-13-17(15-11-12-16)14-10-8-6-4-2;1-3-5-9-13(10-6-4-2)11-7-8-12;1-2-4-7-5-3-6;1-3-2/h3-16H2,1-2H3;3-12H2,1-2H3;7H,2-6H2,1H3;3H2,1-2H3. The molecule has 0 bridgehead atoms. The Labute approximate surface area is 255 Å². The fourth-order valence-electron chi connectivity index (χ4n) is 3.99. The summed E-state index contributed by atoms with van der Waals surface area (Å²) < 4.78 is 0. The van der Waals surface area contributed by atoms with Gasteiger partial charge in [0.15, 0.2) is 0 Å². The summed E-state index contributed by atoms with van der Waals surface area (Å²) in [4.78, 5) is 5.18. The molecule has 0 aliphatic carbocycles. The molecule has 0 aromatic carbocycles. The monoisotopic (exact) mass is 575 g/mol. The summed E-state index contributed by atoms with van der Waals surface area (Å²) in [7, 11) is 0. The molecule has 248 valence electrons. The van der Waals surface area contributed by atoms with Crippen molar-refractivity contribution >= 4 is 0 Å². The van der Waals surface area contributed by atoms with E-state index in [1.807, 2.05) is 0 Å². The minimum Gasteiger partial charge on any atom is -0.330 e. The maximum Gasteiger partial charge on any atom is 0.00744 e. The molecule has 0 aliphatic rings. The van der Waals surface area contributed by atoms with E-state index in [1.54, 1.807) is 0 Å². The molecule has 40 heavy (non-hydrogen) atoms. The summed E-state index contributed by atoms with van der Waals surface area (Å²) in [6.07, 6.45) is 21.0. The van der Waals surface area contributed by atoms with Gasteiger partial charge in [0, 0.05) is 13.1 Å². The maximum atomic E-state index is 5.60. The van der Waals surface area contributed by atoms with Crippen LogP contribution in [0, 0.1) is 0 Å². The smallest absolute Gasteiger partial charge is 0.00744 e. The fraction of sp³-hybridized carbons (Fsp3) is 1.00. The molecule has 0 aromatic heterocycles. The summed E-state index contributed by atoms with van der Waals surface area (Å²) in [6.45, 7) is 27.4. The Morgan fingerprint density at radius 3 is 1.02 bits per heavy atom. The molecule has 7 N–H and O–H groups in total. The molecule has 0 aromatic rings. The van der Waals surface area contributed by atoms with E-state index in [-0.39, 0.29) is 0 Å². The van der Waals surface area contributed by atoms with Crippen LogP contribution in [-0.4, -0.2) is 81.8 Å². The lowest BCUT2D eigenvalue weighted by Gasteiger charge is -2.22. The fourth-order valence-corrected chi connectivity index (χ4v) is 3.99. The number of nitrogens with one attached hydrogen (secondary N) is 1. The highest BCUT2D eigenvalue weighted by atomic mass is 15.1. The molecule has 0 spiro atoms. The van der Waals surface area contributed by atoms with Gasteiger partial charge in [-0.05, 0) is 104 Å². The largest absolute Gasteiger partial charge is 0.330 e. The van der Waals surface area contributed by atoms with E-state index in [9.17, 15) is 0 Å². The summed E-state index contributed by atoms with van der Waals surface area (Å²) in [6, 6.07) is 0. The normalized spacial score (nSPS) is 10.5. The molecule has 0 rings (SSSR count). The van der Waals surface area contributed by atoms with Crippen LogP contribution in [0.4, 0.5) is 0 Å². The number of rotatable bonds is 26. The zero-order chi connectivity index (χ0) is 31.0. The first-order chi connectivity index (χ1) is 19.5. The van der Waals surface area contributed by atoms with Gasteiger partial charge in [-0.2, -0.15) is 0 Å². The molecule has 6 heteroatoms. The Bertz CT molecular complexity index is 335. The van der Waals surface area contributed by atoms with Gasteiger partial charge in [-0.25, -0.2) is 0 Å². The maximum absolute atomic E-state index is 5.60. The summed E-state index contributed by atoms with van der Waals surface area (Å²) in [5.74, 6) is 0. The van der Waals surface area contributed by atoms with Crippen LogP contribution in [0.2, 0.25) is 0 Å². The summed E-state index contributed by atoms with van der Waals surface area (Å²) in [5.41, 5.74) is 16.3. The van der Waals surface area contributed by atoms with E-state index >= 15 is 0 Å². The first-order valence-electron chi connectivity index (χ1n) is 17.8. The van der Waals surface area contributed by atoms with Crippen molar-refractivity contribution in [3.63, 3.8) is 0 Å². The van der Waals surface area contributed by atoms with Crippen LogP contribution in [0.5, 0.6) is 0 Å². The molecule has 6 nitrogen and oxygen atoms in total. The predicted octanol–water partition coefficient (Wildman–Crippen LogP) is 7.40. The van der Waals surface area contributed by atoms with Crippen molar-refractivity contribution in [3.8, 4) is 0 Å². The average molecular weight is 575 g/mol. The third-order valence-corrected chi connectivity index (χ3v) is 6.42. The van der Waals surface area contributed by atoms with E-state index in [2.05, 4.69) is 63.6 Å². The number of nitrogens with two attached hydrogens (primary N) is 3. The molecule has 0 atom stereocenters. The van der Waals surface area contributed by atoms with E-state index in [0.29, 0.717) is 0 Å². The number of hydrogen-bond donors (Lipinski definition) is 4. The molecular weight excluding hydrogens is 492 g/mol. The van der Waals surface area contributed by atoms with Gasteiger partial charge in [-0.15, -0.1) is 0 Å². The Morgan fingerprint density at radius 1 is 0.375 bits per heavy atom. The van der Waals surface area contributed by atoms with Crippen molar-refractivity contribution in [1.82, 2.24) is 15.1 Å². The molecule has 0 fully saturated rings. The van der Waals surface area contributed by atoms with Crippen LogP contribution in [0.3, 0.4) is 0 Å². The number of nitrogens with zero attached hydrogens (tertiary/aromatic N) is 2. The average Bonchev–Trinajstić information content (AvgIpc) is 2.96. The lowest BCUT2D eigenvalue weighted by molar-refractivity contribution is 0.259. The highest BCUT2D eigenvalue weighted by Crippen LogP contribution is 2.06. The predicted molar refractivity (Wildman–Crippen MR) is 187 cm³/mol. The Kier molecular flexibility index (Phi) is 56.6. The van der Waals surface area contributed by atoms with E-state index in [1.165, 1.54) is 129 Å². The Hall–Kier alpha value is -0.240. The first kappa shape index (κ1) is 46.7. The van der Waals surface area contributed by atoms with E-state index < -0.39 is 0 Å². The van der Waals surface area contributed by atoms with Crippen molar-refractivity contribution in [1.29, 1.82) is 0 Å². The molecule has 0 saturated heterocycles. The second-order valence-electron chi connectivity index (χ2n) is 11.0. The van der Waals surface area contributed by atoms with Gasteiger partial charge in [-0.1, -0.05) is 106 Å². The molecular formula is C34H82N6. The van der Waals surface area contributed by atoms with Crippen molar-refractivity contribution in [2.75, 3.05) is 72.0 Å². The molecule has 0 unspecified atom stereocenters. The molecule has 0 heterocycles. The highest BCUT2D eigenvalue weighted by molar-refractivity contribution is 4.60. The van der Waals surface area contributed by atoms with Crippen LogP contribution >= 0.6 is 0 Å². The quantitative estimate of drug-likeness (QED) is 0.0804. The zero-order valence-corrected chi connectivity index (χ0v) is 29.2. The first-order valence-corrected chi connectivity index (χ1v) is 17.8. The zero-order valence-electron chi connectivity index (χ0n) is 29.2. The summed E-state index contributed by atoms with van der Waals surface area (Å²) >= 11 is 0. The van der Waals surface area contributed by atoms with Gasteiger partial charge in [0.05, 0.1) is 0 Å². The summed E-state index contributed by atoms with van der Waals surface area (Å²) in [5, 5.41) is 3.16. The SMILES string of the molecule is CCC.CCCCCCN(CCCN)CCCCCC.CCCCN(CCCC)CCCN.CCCNCCN. The van der Waals surface area contributed by atoms with Crippen molar-refractivity contribution < 1.29 is 0 Å². The van der Waals surface area contributed by atoms with Gasteiger partial charge in [-0.3, -0.25) is 0 Å². The lowest BCUT2D eigenvalue weighted by atomic mass is 10.1. The lowest BCUT2D eigenvalue weighted by Crippen LogP contribution is -2.28. The van der Waals surface area contributed by atoms with Gasteiger partial charge < -0.3 is 32.3 Å². The minimum absolute atomic E-state index is 0.750. The van der Waals surface area contributed by atoms with Crippen LogP contribution in [-0.2, 0) is 0 Å². The third kappa shape index (κ3) is 50.6. The molecule has 0 radical (unpaired) electrons. The Morgan fingerprint density at radius 2 is 0.725 bits per heavy atom. The third-order valence-electron chi connectivity index (χ3n) is 6.42. The topological polar surface area (TPSA) is 96.6 Å². The minimum atomic E-state index is 0.750. The van der Waals surface area contributed by atoms with Gasteiger partial charge >= 0.3 is 0 Å². The second-order valence-corrected chi connectivity index (χ2v) is 11.0. The van der Waals surface area contributed by atoms with Crippen LogP contribution < -0.4 is 22.5 Å².